The summed E-state index contributed by atoms with van der Waals surface area (Å²) in [7, 11) is 1.32. The Morgan fingerprint density at radius 2 is 2.33 bits per heavy atom. The number of rotatable bonds is 4. The van der Waals surface area contributed by atoms with Crippen molar-refractivity contribution >= 4 is 21.9 Å². The quantitative estimate of drug-likeness (QED) is 0.794. The zero-order valence-corrected chi connectivity index (χ0v) is 11.3. The predicted octanol–water partition coefficient (Wildman–Crippen LogP) is 1.20. The van der Waals surface area contributed by atoms with Crippen LogP contribution in [0.3, 0.4) is 0 Å². The number of carbonyl (C=O) groups excluding carboxylic acids is 1. The summed E-state index contributed by atoms with van der Waals surface area (Å²) >= 11 is 3.40. The standard InChI is InChI=1S/C11H11BrN4O2/c1-18-11(17)7-16-14-10(13-15-16)6-8-3-2-4-9(12)5-8/h2-5H,6-7H2,1H3. The van der Waals surface area contributed by atoms with Gasteiger partial charge in [0.25, 0.3) is 0 Å². The van der Waals surface area contributed by atoms with Crippen molar-refractivity contribution in [2.45, 2.75) is 13.0 Å². The summed E-state index contributed by atoms with van der Waals surface area (Å²) in [5.74, 6) is 0.165. The van der Waals surface area contributed by atoms with Crippen molar-refractivity contribution < 1.29 is 9.53 Å². The van der Waals surface area contributed by atoms with E-state index >= 15 is 0 Å². The van der Waals surface area contributed by atoms with Crippen LogP contribution in [-0.4, -0.2) is 33.3 Å². The molecule has 2 aromatic rings. The molecule has 0 atom stereocenters. The minimum atomic E-state index is -0.401. The van der Waals surface area contributed by atoms with Gasteiger partial charge in [-0.3, -0.25) is 0 Å². The monoisotopic (exact) mass is 310 g/mol. The molecule has 0 saturated carbocycles. The third-order valence-corrected chi connectivity index (χ3v) is 2.74. The van der Waals surface area contributed by atoms with Crippen LogP contribution in [0.2, 0.25) is 0 Å². The van der Waals surface area contributed by atoms with E-state index in [2.05, 4.69) is 36.1 Å². The van der Waals surface area contributed by atoms with Gasteiger partial charge in [0.15, 0.2) is 12.4 Å². The van der Waals surface area contributed by atoms with Crippen LogP contribution < -0.4 is 0 Å². The Kier molecular flexibility index (Phi) is 4.03. The van der Waals surface area contributed by atoms with E-state index < -0.39 is 5.97 Å². The Labute approximate surface area is 112 Å². The van der Waals surface area contributed by atoms with E-state index in [-0.39, 0.29) is 6.54 Å². The molecule has 0 bridgehead atoms. The molecule has 0 unspecified atom stereocenters. The van der Waals surface area contributed by atoms with Gasteiger partial charge in [-0.15, -0.1) is 10.2 Å². The first-order valence-corrected chi connectivity index (χ1v) is 6.04. The lowest BCUT2D eigenvalue weighted by molar-refractivity contribution is -0.141. The largest absolute Gasteiger partial charge is 0.468 e. The third kappa shape index (κ3) is 3.36. The first kappa shape index (κ1) is 12.7. The molecule has 0 saturated heterocycles. The molecule has 0 aliphatic carbocycles. The van der Waals surface area contributed by atoms with Gasteiger partial charge in [-0.05, 0) is 22.9 Å². The van der Waals surface area contributed by atoms with Crippen LogP contribution in [0.4, 0.5) is 0 Å². The molecule has 1 aromatic heterocycles. The summed E-state index contributed by atoms with van der Waals surface area (Å²) in [6.07, 6.45) is 0.570. The normalized spacial score (nSPS) is 10.3. The summed E-state index contributed by atoms with van der Waals surface area (Å²) < 4.78 is 5.53. The topological polar surface area (TPSA) is 69.9 Å². The van der Waals surface area contributed by atoms with Gasteiger partial charge in [0, 0.05) is 10.9 Å². The van der Waals surface area contributed by atoms with Crippen molar-refractivity contribution in [2.75, 3.05) is 7.11 Å². The van der Waals surface area contributed by atoms with E-state index in [1.54, 1.807) is 0 Å². The second-order valence-electron chi connectivity index (χ2n) is 3.62. The van der Waals surface area contributed by atoms with E-state index in [0.29, 0.717) is 12.2 Å². The first-order chi connectivity index (χ1) is 8.67. The second-order valence-corrected chi connectivity index (χ2v) is 4.53. The SMILES string of the molecule is COC(=O)Cn1nnc(Cc2cccc(Br)c2)n1. The molecule has 0 N–H and O–H groups in total. The number of aromatic nitrogens is 4. The van der Waals surface area contributed by atoms with E-state index in [1.807, 2.05) is 24.3 Å². The number of tetrazole rings is 1. The van der Waals surface area contributed by atoms with Gasteiger partial charge in [-0.25, -0.2) is 4.79 Å². The van der Waals surface area contributed by atoms with Crippen molar-refractivity contribution in [3.8, 4) is 0 Å². The summed E-state index contributed by atoms with van der Waals surface area (Å²) in [6.45, 7) is -0.0258. The van der Waals surface area contributed by atoms with Crippen LogP contribution in [-0.2, 0) is 22.5 Å². The van der Waals surface area contributed by atoms with Crippen molar-refractivity contribution in [3.05, 3.63) is 40.1 Å². The number of esters is 1. The fourth-order valence-corrected chi connectivity index (χ4v) is 1.87. The first-order valence-electron chi connectivity index (χ1n) is 5.25. The predicted molar refractivity (Wildman–Crippen MR) is 66.8 cm³/mol. The van der Waals surface area contributed by atoms with Crippen molar-refractivity contribution in [2.24, 2.45) is 0 Å². The summed E-state index contributed by atoms with van der Waals surface area (Å²) in [4.78, 5) is 12.3. The summed E-state index contributed by atoms with van der Waals surface area (Å²) in [5, 5.41) is 11.8. The molecule has 0 fully saturated rings. The molecule has 1 heterocycles. The molecule has 2 rings (SSSR count). The lowest BCUT2D eigenvalue weighted by Crippen LogP contribution is -2.14. The highest BCUT2D eigenvalue weighted by Gasteiger charge is 2.08. The average Bonchev–Trinajstić information content (AvgIpc) is 2.76. The Morgan fingerprint density at radius 1 is 1.50 bits per heavy atom. The van der Waals surface area contributed by atoms with Crippen molar-refractivity contribution in [1.82, 2.24) is 20.2 Å². The lowest BCUT2D eigenvalue weighted by atomic mass is 10.1. The van der Waals surface area contributed by atoms with E-state index in [9.17, 15) is 4.79 Å². The molecule has 0 radical (unpaired) electrons. The highest BCUT2D eigenvalue weighted by atomic mass is 79.9. The van der Waals surface area contributed by atoms with Crippen LogP contribution in [0, 0.1) is 0 Å². The minimum Gasteiger partial charge on any atom is -0.468 e. The number of carbonyl (C=O) groups is 1. The number of benzene rings is 1. The smallest absolute Gasteiger partial charge is 0.329 e. The van der Waals surface area contributed by atoms with E-state index in [0.717, 1.165) is 10.0 Å². The Balaban J connectivity index is 2.04. The van der Waals surface area contributed by atoms with Gasteiger partial charge >= 0.3 is 5.97 Å². The Morgan fingerprint density at radius 3 is 3.06 bits per heavy atom. The van der Waals surface area contributed by atoms with Gasteiger partial charge < -0.3 is 4.74 Å². The molecule has 6 nitrogen and oxygen atoms in total. The number of methoxy groups -OCH3 is 1. The maximum Gasteiger partial charge on any atom is 0.329 e. The number of ether oxygens (including phenoxy) is 1. The molecular formula is C11H11BrN4O2. The second kappa shape index (κ2) is 5.72. The van der Waals surface area contributed by atoms with Gasteiger partial charge in [-0.2, -0.15) is 4.80 Å². The molecule has 18 heavy (non-hydrogen) atoms. The molecule has 94 valence electrons. The zero-order valence-electron chi connectivity index (χ0n) is 9.71. The number of hydrogen-bond acceptors (Lipinski definition) is 5. The lowest BCUT2D eigenvalue weighted by Gasteiger charge is -1.97. The summed E-state index contributed by atoms with van der Waals surface area (Å²) in [6, 6.07) is 7.86. The molecular weight excluding hydrogens is 300 g/mol. The fraction of sp³-hybridized carbons (Fsp3) is 0.273. The highest BCUT2D eigenvalue weighted by Crippen LogP contribution is 2.13. The van der Waals surface area contributed by atoms with Gasteiger partial charge in [0.2, 0.25) is 0 Å². The fourth-order valence-electron chi connectivity index (χ4n) is 1.42. The van der Waals surface area contributed by atoms with Crippen LogP contribution in [0.15, 0.2) is 28.7 Å². The highest BCUT2D eigenvalue weighted by molar-refractivity contribution is 9.10. The van der Waals surface area contributed by atoms with Crippen LogP contribution in [0.1, 0.15) is 11.4 Å². The maximum absolute atomic E-state index is 11.0. The molecule has 0 spiro atoms. The van der Waals surface area contributed by atoms with Gasteiger partial charge in [0.1, 0.15) is 0 Å². The zero-order chi connectivity index (χ0) is 13.0. The van der Waals surface area contributed by atoms with Crippen LogP contribution in [0.25, 0.3) is 0 Å². The van der Waals surface area contributed by atoms with Gasteiger partial charge in [-0.1, -0.05) is 28.1 Å². The van der Waals surface area contributed by atoms with Crippen molar-refractivity contribution in [1.29, 1.82) is 0 Å². The molecule has 1 aromatic carbocycles. The maximum atomic E-state index is 11.0. The van der Waals surface area contributed by atoms with E-state index in [4.69, 9.17) is 0 Å². The minimum absolute atomic E-state index is 0.0258. The van der Waals surface area contributed by atoms with E-state index in [1.165, 1.54) is 11.9 Å². The van der Waals surface area contributed by atoms with Gasteiger partial charge in [0.05, 0.1) is 7.11 Å². The van der Waals surface area contributed by atoms with Crippen molar-refractivity contribution in [3.63, 3.8) is 0 Å². The summed E-state index contributed by atoms with van der Waals surface area (Å²) in [5.41, 5.74) is 1.07. The molecule has 0 amide bonds. The Hall–Kier alpha value is -1.76. The third-order valence-electron chi connectivity index (χ3n) is 2.24. The molecule has 7 heteroatoms. The molecule has 0 aliphatic rings. The Bertz CT molecular complexity index is 555. The average molecular weight is 311 g/mol. The number of hydrogen-bond donors (Lipinski definition) is 0. The number of nitrogens with zero attached hydrogens (tertiary/aromatic N) is 4. The van der Waals surface area contributed by atoms with Crippen LogP contribution in [0.5, 0.6) is 0 Å². The van der Waals surface area contributed by atoms with Crippen LogP contribution >= 0.6 is 15.9 Å². The number of halogens is 1. The molecule has 0 aliphatic heterocycles.